The third kappa shape index (κ3) is 4.17. The maximum Gasteiger partial charge on any atom is 0.416 e. The molecule has 0 saturated carbocycles. The lowest BCUT2D eigenvalue weighted by molar-refractivity contribution is -0.137. The van der Waals surface area contributed by atoms with Crippen molar-refractivity contribution in [3.8, 4) is 0 Å². The molecule has 2 aliphatic rings. The highest BCUT2D eigenvalue weighted by molar-refractivity contribution is 6.31. The monoisotopic (exact) mass is 460 g/mol. The second-order valence-electron chi connectivity index (χ2n) is 7.82. The van der Waals surface area contributed by atoms with E-state index >= 15 is 0 Å². The first-order valence-corrected chi connectivity index (χ1v) is 10.5. The van der Waals surface area contributed by atoms with E-state index in [9.17, 15) is 22.8 Å². The Balaban J connectivity index is 1.77. The van der Waals surface area contributed by atoms with Crippen molar-refractivity contribution in [2.75, 3.05) is 5.32 Å². The average Bonchev–Trinajstić information content (AvgIpc) is 2.73. The molecular formula is C24H20ClF3N2O2. The number of amides is 1. The molecular weight excluding hydrogens is 441 g/mol. The van der Waals surface area contributed by atoms with Crippen LogP contribution in [0.1, 0.15) is 43.2 Å². The van der Waals surface area contributed by atoms with Gasteiger partial charge in [-0.3, -0.25) is 9.59 Å². The number of alkyl halides is 3. The van der Waals surface area contributed by atoms with Crippen molar-refractivity contribution in [3.63, 3.8) is 0 Å². The van der Waals surface area contributed by atoms with E-state index in [1.54, 1.807) is 31.2 Å². The van der Waals surface area contributed by atoms with Crippen molar-refractivity contribution in [3.05, 3.63) is 87.2 Å². The fraction of sp³-hybridized carbons (Fsp3) is 0.250. The van der Waals surface area contributed by atoms with Gasteiger partial charge in [-0.25, -0.2) is 0 Å². The van der Waals surface area contributed by atoms with E-state index in [-0.39, 0.29) is 17.0 Å². The number of benzene rings is 2. The molecule has 0 aromatic heterocycles. The van der Waals surface area contributed by atoms with Crippen LogP contribution in [0, 0.1) is 0 Å². The van der Waals surface area contributed by atoms with Gasteiger partial charge in [0.15, 0.2) is 5.78 Å². The lowest BCUT2D eigenvalue weighted by Crippen LogP contribution is -2.35. The molecule has 8 heteroatoms. The smallest absolute Gasteiger partial charge is 0.362 e. The number of ketones is 1. The van der Waals surface area contributed by atoms with E-state index in [2.05, 4.69) is 10.6 Å². The van der Waals surface area contributed by atoms with Gasteiger partial charge in [-0.05, 0) is 49.6 Å². The number of halogens is 4. The molecule has 0 radical (unpaired) electrons. The molecule has 4 rings (SSSR count). The second kappa shape index (κ2) is 8.47. The van der Waals surface area contributed by atoms with E-state index < -0.39 is 23.6 Å². The zero-order valence-corrected chi connectivity index (χ0v) is 17.9. The molecule has 4 nitrogen and oxygen atoms in total. The van der Waals surface area contributed by atoms with E-state index in [1.807, 2.05) is 0 Å². The Kier molecular flexibility index (Phi) is 5.86. The molecule has 0 spiro atoms. The number of carbonyl (C=O) groups is 2. The summed E-state index contributed by atoms with van der Waals surface area (Å²) in [5.74, 6) is -1.37. The van der Waals surface area contributed by atoms with Crippen molar-refractivity contribution in [1.29, 1.82) is 0 Å². The Morgan fingerprint density at radius 3 is 2.59 bits per heavy atom. The number of nitrogens with one attached hydrogen (secondary N) is 2. The Morgan fingerprint density at radius 2 is 1.88 bits per heavy atom. The fourth-order valence-corrected chi connectivity index (χ4v) is 4.52. The molecule has 166 valence electrons. The fourth-order valence-electron chi connectivity index (χ4n) is 4.28. The summed E-state index contributed by atoms with van der Waals surface area (Å²) in [6.45, 7) is 1.72. The molecule has 1 amide bonds. The Morgan fingerprint density at radius 1 is 1.12 bits per heavy atom. The van der Waals surface area contributed by atoms with E-state index in [0.717, 1.165) is 17.8 Å². The maximum atomic E-state index is 13.3. The van der Waals surface area contributed by atoms with Crippen LogP contribution >= 0.6 is 11.6 Å². The van der Waals surface area contributed by atoms with Gasteiger partial charge in [-0.15, -0.1) is 0 Å². The van der Waals surface area contributed by atoms with Crippen LogP contribution in [-0.2, 0) is 15.8 Å². The first kappa shape index (κ1) is 22.1. The van der Waals surface area contributed by atoms with Gasteiger partial charge in [0.2, 0.25) is 0 Å². The number of carbonyl (C=O) groups excluding carboxylic acids is 2. The predicted molar refractivity (Wildman–Crippen MR) is 116 cm³/mol. The molecule has 0 saturated heterocycles. The van der Waals surface area contributed by atoms with Crippen LogP contribution in [0.5, 0.6) is 0 Å². The summed E-state index contributed by atoms with van der Waals surface area (Å²) in [5.41, 5.74) is 1.79. The number of hydrogen-bond donors (Lipinski definition) is 2. The highest BCUT2D eigenvalue weighted by atomic mass is 35.5. The summed E-state index contributed by atoms with van der Waals surface area (Å²) in [6, 6.07) is 11.4. The first-order valence-electron chi connectivity index (χ1n) is 10.1. The van der Waals surface area contributed by atoms with Gasteiger partial charge in [0.05, 0.1) is 5.56 Å². The lowest BCUT2D eigenvalue weighted by atomic mass is 9.75. The number of anilines is 1. The standard InChI is InChI=1S/C24H20ClF3N2O2/c1-13-20(23(32)30-15-7-4-6-14(12-15)24(26,27)28)21(16-8-2-3-9-17(16)25)22-18(29-13)10-5-11-19(22)31/h2-4,6-9,12,21,29H,5,10-11H2,1H3,(H,30,32)/t21-/m1/s1. The molecule has 0 unspecified atom stereocenters. The predicted octanol–water partition coefficient (Wildman–Crippen LogP) is 5.97. The summed E-state index contributed by atoms with van der Waals surface area (Å²) < 4.78 is 39.3. The topological polar surface area (TPSA) is 58.2 Å². The van der Waals surface area contributed by atoms with Crippen LogP contribution in [0.4, 0.5) is 18.9 Å². The van der Waals surface area contributed by atoms with Gasteiger partial charge >= 0.3 is 6.18 Å². The third-order valence-electron chi connectivity index (χ3n) is 5.68. The normalized spacial score (nSPS) is 18.9. The zero-order chi connectivity index (χ0) is 23.0. The SMILES string of the molecule is CC1=C(C(=O)Nc2cccc(C(F)(F)F)c2)[C@@H](c2ccccc2Cl)C2=C(CCCC2=O)N1. The molecule has 2 aromatic rings. The number of hydrogen-bond acceptors (Lipinski definition) is 3. The largest absolute Gasteiger partial charge is 0.416 e. The van der Waals surface area contributed by atoms with Gasteiger partial charge in [0, 0.05) is 45.6 Å². The number of rotatable bonds is 3. The molecule has 0 fully saturated rings. The van der Waals surface area contributed by atoms with Gasteiger partial charge in [0.1, 0.15) is 0 Å². The third-order valence-corrected chi connectivity index (χ3v) is 6.03. The first-order chi connectivity index (χ1) is 15.2. The van der Waals surface area contributed by atoms with Gasteiger partial charge in [0.25, 0.3) is 5.91 Å². The van der Waals surface area contributed by atoms with Gasteiger partial charge in [-0.1, -0.05) is 35.9 Å². The van der Waals surface area contributed by atoms with Crippen LogP contribution in [0.15, 0.2) is 71.1 Å². The van der Waals surface area contributed by atoms with Crippen LogP contribution in [0.2, 0.25) is 5.02 Å². The van der Waals surface area contributed by atoms with Crippen LogP contribution in [-0.4, -0.2) is 11.7 Å². The highest BCUT2D eigenvalue weighted by Gasteiger charge is 2.39. The number of dihydropyridines is 1. The highest BCUT2D eigenvalue weighted by Crippen LogP contribution is 2.44. The van der Waals surface area contributed by atoms with Crippen molar-refractivity contribution in [1.82, 2.24) is 5.32 Å². The number of Topliss-reactive ketones (excluding diaryl/α,β-unsaturated/α-hetero) is 1. The lowest BCUT2D eigenvalue weighted by Gasteiger charge is -2.34. The minimum absolute atomic E-state index is 0.0118. The van der Waals surface area contributed by atoms with Crippen LogP contribution < -0.4 is 10.6 Å². The Labute approximate surface area is 188 Å². The second-order valence-corrected chi connectivity index (χ2v) is 8.23. The minimum Gasteiger partial charge on any atom is -0.362 e. The quantitative estimate of drug-likeness (QED) is 0.593. The summed E-state index contributed by atoms with van der Waals surface area (Å²) in [7, 11) is 0. The van der Waals surface area contributed by atoms with Gasteiger partial charge < -0.3 is 10.6 Å². The van der Waals surface area contributed by atoms with Crippen molar-refractivity contribution in [2.24, 2.45) is 0 Å². The molecule has 2 aromatic carbocycles. The zero-order valence-electron chi connectivity index (χ0n) is 17.1. The molecule has 32 heavy (non-hydrogen) atoms. The van der Waals surface area contributed by atoms with Crippen molar-refractivity contribution in [2.45, 2.75) is 38.3 Å². The Hall–Kier alpha value is -3.06. The summed E-state index contributed by atoms with van der Waals surface area (Å²) in [6.07, 6.45) is -2.79. The average molecular weight is 461 g/mol. The van der Waals surface area contributed by atoms with Crippen LogP contribution in [0.25, 0.3) is 0 Å². The van der Waals surface area contributed by atoms with E-state index in [1.165, 1.54) is 12.1 Å². The molecule has 1 aliphatic heterocycles. The maximum absolute atomic E-state index is 13.3. The minimum atomic E-state index is -4.53. The summed E-state index contributed by atoms with van der Waals surface area (Å²) in [4.78, 5) is 26.2. The van der Waals surface area contributed by atoms with Crippen molar-refractivity contribution < 1.29 is 22.8 Å². The summed E-state index contributed by atoms with van der Waals surface area (Å²) >= 11 is 6.45. The van der Waals surface area contributed by atoms with E-state index in [0.29, 0.717) is 41.1 Å². The summed E-state index contributed by atoms with van der Waals surface area (Å²) in [5, 5.41) is 6.15. The molecule has 1 heterocycles. The molecule has 0 bridgehead atoms. The number of allylic oxidation sites excluding steroid dienone is 3. The molecule has 2 N–H and O–H groups in total. The van der Waals surface area contributed by atoms with E-state index in [4.69, 9.17) is 11.6 Å². The molecule has 1 aliphatic carbocycles. The van der Waals surface area contributed by atoms with Crippen molar-refractivity contribution >= 4 is 29.0 Å². The van der Waals surface area contributed by atoms with Gasteiger partial charge in [-0.2, -0.15) is 13.2 Å². The van der Waals surface area contributed by atoms with Crippen LogP contribution in [0.3, 0.4) is 0 Å². The Bertz CT molecular complexity index is 1170. The molecule has 1 atom stereocenters.